The number of benzene rings is 2. The molecule has 6 heterocycles. The van der Waals surface area contributed by atoms with Gasteiger partial charge in [-0.15, -0.1) is 6.42 Å². The van der Waals surface area contributed by atoms with Crippen LogP contribution in [0.5, 0.6) is 5.75 Å². The van der Waals surface area contributed by atoms with Crippen LogP contribution in [0.2, 0.25) is 0 Å². The van der Waals surface area contributed by atoms with Crippen LogP contribution in [-0.4, -0.2) is 76.3 Å². The van der Waals surface area contributed by atoms with Crippen LogP contribution in [-0.2, 0) is 4.79 Å². The van der Waals surface area contributed by atoms with Crippen molar-refractivity contribution in [2.24, 2.45) is 5.92 Å². The number of terminal acetylenes is 1. The maximum absolute atomic E-state index is 16.1. The number of pyridine rings is 1. The highest BCUT2D eigenvalue weighted by atomic mass is 19.1. The van der Waals surface area contributed by atoms with E-state index in [4.69, 9.17) is 11.2 Å². The number of nitrogens with zero attached hydrogens (tertiary/aromatic N) is 4. The molecule has 12 heteroatoms. The summed E-state index contributed by atoms with van der Waals surface area (Å²) < 4.78 is 48.5. The molecule has 2 bridgehead atoms. The molecule has 2 N–H and O–H groups in total. The third kappa shape index (κ3) is 7.64. The van der Waals surface area contributed by atoms with Crippen molar-refractivity contribution < 1.29 is 22.7 Å². The Morgan fingerprint density at radius 2 is 1.81 bits per heavy atom. The van der Waals surface area contributed by atoms with E-state index in [1.807, 2.05) is 4.90 Å². The first kappa shape index (κ1) is 36.9. The Balaban J connectivity index is 0.000000208. The highest BCUT2D eigenvalue weighted by molar-refractivity contribution is 6.03. The van der Waals surface area contributed by atoms with Gasteiger partial charge >= 0.3 is 5.69 Å². The van der Waals surface area contributed by atoms with Gasteiger partial charge in [0.2, 0.25) is 0 Å². The molecule has 5 fully saturated rings. The fourth-order valence-corrected chi connectivity index (χ4v) is 9.04. The van der Waals surface area contributed by atoms with Crippen LogP contribution in [0.3, 0.4) is 0 Å². The Morgan fingerprint density at radius 1 is 1.06 bits per heavy atom. The summed E-state index contributed by atoms with van der Waals surface area (Å²) in [4.78, 5) is 38.8. The molecule has 4 saturated heterocycles. The van der Waals surface area contributed by atoms with Crippen LogP contribution in [0.15, 0.2) is 35.3 Å². The Bertz CT molecular complexity index is 2080. The summed E-state index contributed by atoms with van der Waals surface area (Å²) in [5.74, 6) is 2.32. The van der Waals surface area contributed by atoms with Crippen LogP contribution < -0.4 is 20.6 Å². The van der Waals surface area contributed by atoms with Crippen LogP contribution in [0.1, 0.15) is 83.6 Å². The molecule has 280 valence electrons. The van der Waals surface area contributed by atoms with Gasteiger partial charge in [-0.2, -0.15) is 4.98 Å². The van der Waals surface area contributed by atoms with Crippen LogP contribution in [0, 0.1) is 29.9 Å². The van der Waals surface area contributed by atoms with Gasteiger partial charge in [-0.05, 0) is 75.1 Å². The number of ether oxygens (including phenoxy) is 1. The second-order valence-corrected chi connectivity index (χ2v) is 15.6. The predicted molar refractivity (Wildman–Crippen MR) is 201 cm³/mol. The van der Waals surface area contributed by atoms with Crippen molar-refractivity contribution in [1.29, 1.82) is 0 Å². The minimum Gasteiger partial charge on any atom is -0.429 e. The lowest BCUT2D eigenvalue weighted by molar-refractivity contribution is -0.120. The van der Waals surface area contributed by atoms with Gasteiger partial charge in [0.1, 0.15) is 29.3 Å². The Morgan fingerprint density at radius 3 is 2.47 bits per heavy atom. The number of piperazine rings is 1. The largest absolute Gasteiger partial charge is 0.429 e. The van der Waals surface area contributed by atoms with Crippen molar-refractivity contribution in [2.45, 2.75) is 102 Å². The van der Waals surface area contributed by atoms with Gasteiger partial charge in [-0.3, -0.25) is 14.7 Å². The van der Waals surface area contributed by atoms with E-state index in [-0.39, 0.29) is 57.6 Å². The second-order valence-electron chi connectivity index (χ2n) is 15.6. The summed E-state index contributed by atoms with van der Waals surface area (Å²) in [6, 6.07) is 6.06. The molecule has 0 radical (unpaired) electrons. The van der Waals surface area contributed by atoms with Gasteiger partial charge < -0.3 is 19.9 Å². The zero-order valence-electron chi connectivity index (χ0n) is 30.4. The monoisotopic (exact) mass is 728 g/mol. The highest BCUT2D eigenvalue weighted by Gasteiger charge is 2.44. The molecule has 4 atom stereocenters. The summed E-state index contributed by atoms with van der Waals surface area (Å²) in [5, 5.41) is 4.53. The number of aromatic nitrogens is 3. The van der Waals surface area contributed by atoms with Crippen LogP contribution in [0.25, 0.3) is 32.9 Å². The summed E-state index contributed by atoms with van der Waals surface area (Å²) in [7, 11) is 0. The van der Waals surface area contributed by atoms with E-state index >= 15 is 4.39 Å². The highest BCUT2D eigenvalue weighted by Crippen LogP contribution is 2.40. The van der Waals surface area contributed by atoms with E-state index in [1.54, 1.807) is 0 Å². The zero-order valence-corrected chi connectivity index (χ0v) is 30.4. The fraction of sp³-hybridized carbons (Fsp3) is 0.512. The Hall–Kier alpha value is -4.47. The minimum atomic E-state index is -0.830. The lowest BCUT2D eigenvalue weighted by atomic mass is 9.91. The summed E-state index contributed by atoms with van der Waals surface area (Å²) >= 11 is 0. The number of anilines is 1. The molecule has 2 aromatic carbocycles. The van der Waals surface area contributed by atoms with Gasteiger partial charge in [0.15, 0.2) is 5.82 Å². The van der Waals surface area contributed by atoms with E-state index in [1.165, 1.54) is 75.4 Å². The molecule has 2 unspecified atom stereocenters. The molecule has 9 nitrogen and oxygen atoms in total. The lowest BCUT2D eigenvalue weighted by Crippen LogP contribution is -2.51. The summed E-state index contributed by atoms with van der Waals surface area (Å²) in [6.45, 7) is 7.89. The van der Waals surface area contributed by atoms with Crippen molar-refractivity contribution in [3.8, 4) is 29.4 Å². The first-order chi connectivity index (χ1) is 25.6. The van der Waals surface area contributed by atoms with E-state index in [0.29, 0.717) is 36.2 Å². The molecule has 2 aromatic heterocycles. The number of halogens is 3. The first-order valence-electron chi connectivity index (χ1n) is 18.9. The number of hydrogen-bond donors (Lipinski definition) is 2. The van der Waals surface area contributed by atoms with Crippen molar-refractivity contribution >= 4 is 34.0 Å². The van der Waals surface area contributed by atoms with Crippen molar-refractivity contribution in [3.63, 3.8) is 0 Å². The molecule has 0 amide bonds. The number of rotatable bonds is 4. The third-order valence-corrected chi connectivity index (χ3v) is 11.7. The number of nitrogens with one attached hydrogen (secondary N) is 2. The van der Waals surface area contributed by atoms with Crippen molar-refractivity contribution in [1.82, 2.24) is 25.2 Å². The fourth-order valence-electron chi connectivity index (χ4n) is 9.04. The molecular weight excluding hydrogens is 681 g/mol. The number of fused-ring (bicyclic) bond motifs is 5. The first-order valence-corrected chi connectivity index (χ1v) is 18.9. The van der Waals surface area contributed by atoms with Crippen molar-refractivity contribution in [2.75, 3.05) is 31.1 Å². The van der Waals surface area contributed by atoms with Crippen LogP contribution in [0.4, 0.5) is 19.0 Å². The predicted octanol–water partition coefficient (Wildman–Crippen LogP) is 7.04. The van der Waals surface area contributed by atoms with E-state index < -0.39 is 23.5 Å². The van der Waals surface area contributed by atoms with Gasteiger partial charge in [0.25, 0.3) is 6.47 Å². The van der Waals surface area contributed by atoms with Gasteiger partial charge in [-0.1, -0.05) is 51.0 Å². The molecular formula is C41H47F3N6O3. The summed E-state index contributed by atoms with van der Waals surface area (Å²) in [5.41, 5.74) is -0.678. The van der Waals surface area contributed by atoms with Gasteiger partial charge in [-0.25, -0.2) is 18.0 Å². The quantitative estimate of drug-likeness (QED) is 0.171. The van der Waals surface area contributed by atoms with Crippen LogP contribution >= 0.6 is 0 Å². The number of aromatic amines is 1. The van der Waals surface area contributed by atoms with E-state index in [2.05, 4.69) is 44.9 Å². The summed E-state index contributed by atoms with van der Waals surface area (Å²) in [6.07, 6.45) is 19.2. The van der Waals surface area contributed by atoms with E-state index in [0.717, 1.165) is 31.7 Å². The number of hydrogen-bond acceptors (Lipinski definition) is 8. The molecule has 1 aliphatic carbocycles. The van der Waals surface area contributed by atoms with Gasteiger partial charge in [0, 0.05) is 54.4 Å². The molecule has 4 aromatic rings. The topological polar surface area (TPSA) is 103 Å². The average molecular weight is 729 g/mol. The molecule has 9 rings (SSSR count). The molecule has 4 aliphatic heterocycles. The zero-order chi connectivity index (χ0) is 37.3. The second kappa shape index (κ2) is 15.5. The smallest absolute Gasteiger partial charge is 0.347 e. The SMILES string of the molecule is C#Cc1c(F)ccc2cc(OC=O)cc(-c3ncc4c(N5CC6CCC(C5)N6)nc(=O)[nH]c4c3F)c12.CC1CCCCC1.C[C@@]12CCCN1C[C@H](F)C2. The number of H-pyrrole nitrogens is 1. The third-order valence-electron chi connectivity index (χ3n) is 11.7. The molecule has 0 spiro atoms. The van der Waals surface area contributed by atoms with Gasteiger partial charge in [0.05, 0.1) is 16.5 Å². The number of carbonyl (C=O) groups is 1. The van der Waals surface area contributed by atoms with Crippen molar-refractivity contribution in [3.05, 3.63) is 58.1 Å². The number of alkyl halides is 1. The maximum atomic E-state index is 16.1. The standard InChI is InChI=1S/C26H19F2N5O3.C8H14FN.C7H14/c1-2-17-20(27)6-3-13-7-16(36-12-34)8-18(21(13)17)23-22(28)24-19(9-29-23)25(32-26(35)31-24)33-10-14-4-5-15(11-33)30-14;1-8-3-2-4-10(8)6-7(9)5-8;1-7-5-3-2-4-6-7/h1,3,6-9,12,14-15,30H,4-5,10-11H2,(H,31,32,35);7H,2-6H2,1H3;7H,2-6H2,1H3/t;7-,8+;/m.1./s1. The Kier molecular flexibility index (Phi) is 10.8. The molecule has 1 saturated carbocycles. The normalized spacial score (nSPS) is 25.3. The lowest BCUT2D eigenvalue weighted by Gasteiger charge is -2.34. The maximum Gasteiger partial charge on any atom is 0.347 e. The minimum absolute atomic E-state index is 0.0746. The van der Waals surface area contributed by atoms with E-state index in [9.17, 15) is 18.4 Å². The Labute approximate surface area is 307 Å². The average Bonchev–Trinajstić information content (AvgIpc) is 3.77. The molecule has 5 aliphatic rings. The molecule has 53 heavy (non-hydrogen) atoms. The number of carbonyl (C=O) groups excluding carboxylic acids is 1.